The highest BCUT2D eigenvalue weighted by atomic mass is 79.9. The molecule has 0 saturated carbocycles. The lowest BCUT2D eigenvalue weighted by Crippen LogP contribution is -2.50. The Labute approximate surface area is 145 Å². The number of nitrogens with zero attached hydrogens (tertiary/aromatic N) is 1. The number of para-hydroxylation sites is 1. The molecule has 2 amide bonds. The average molecular weight is 382 g/mol. The van der Waals surface area contributed by atoms with Crippen LogP contribution in [0.5, 0.6) is 0 Å². The van der Waals surface area contributed by atoms with Crippen LogP contribution in [0.2, 0.25) is 0 Å². The third kappa shape index (κ3) is 4.54. The van der Waals surface area contributed by atoms with E-state index >= 15 is 0 Å². The topological polar surface area (TPSA) is 75.4 Å². The number of carbonyl (C=O) groups excluding carboxylic acids is 2. The summed E-state index contributed by atoms with van der Waals surface area (Å²) in [5, 5.41) is 2.95. The quantitative estimate of drug-likeness (QED) is 0.841. The van der Waals surface area contributed by atoms with E-state index in [9.17, 15) is 9.59 Å². The van der Waals surface area contributed by atoms with E-state index in [0.717, 1.165) is 10.2 Å². The molecular formula is C17H24BrN3O2. The van der Waals surface area contributed by atoms with Crippen molar-refractivity contribution < 1.29 is 9.59 Å². The molecule has 0 radical (unpaired) electrons. The third-order valence-electron chi connectivity index (χ3n) is 4.31. The Morgan fingerprint density at radius 3 is 2.43 bits per heavy atom. The third-order valence-corrected chi connectivity index (χ3v) is 5.00. The number of nitrogens with two attached hydrogens (primary N) is 1. The molecule has 1 aliphatic heterocycles. The van der Waals surface area contributed by atoms with Gasteiger partial charge in [0, 0.05) is 23.5 Å². The SMILES string of the molecule is CC(C)[C@H](N)C(=O)N1CCC(C(=O)Nc2ccccc2Br)CC1. The largest absolute Gasteiger partial charge is 0.341 e. The van der Waals surface area contributed by atoms with Crippen molar-refractivity contribution in [2.75, 3.05) is 18.4 Å². The number of piperidine rings is 1. The first-order chi connectivity index (χ1) is 10.9. The van der Waals surface area contributed by atoms with Crippen molar-refractivity contribution in [3.05, 3.63) is 28.7 Å². The Bertz CT molecular complexity index is 569. The number of hydrogen-bond acceptors (Lipinski definition) is 3. The lowest BCUT2D eigenvalue weighted by Gasteiger charge is -2.33. The Hall–Kier alpha value is -1.40. The van der Waals surface area contributed by atoms with E-state index in [1.165, 1.54) is 0 Å². The number of hydrogen-bond donors (Lipinski definition) is 2. The summed E-state index contributed by atoms with van der Waals surface area (Å²) in [4.78, 5) is 26.4. The number of carbonyl (C=O) groups is 2. The van der Waals surface area contributed by atoms with E-state index in [-0.39, 0.29) is 23.7 Å². The number of anilines is 1. The highest BCUT2D eigenvalue weighted by Crippen LogP contribution is 2.24. The zero-order chi connectivity index (χ0) is 17.0. The van der Waals surface area contributed by atoms with Crippen LogP contribution in [0.4, 0.5) is 5.69 Å². The van der Waals surface area contributed by atoms with Crippen molar-refractivity contribution in [1.29, 1.82) is 0 Å². The molecule has 1 aliphatic rings. The van der Waals surface area contributed by atoms with Crippen LogP contribution in [0.25, 0.3) is 0 Å². The van der Waals surface area contributed by atoms with Crippen LogP contribution in [-0.4, -0.2) is 35.8 Å². The monoisotopic (exact) mass is 381 g/mol. The van der Waals surface area contributed by atoms with E-state index in [1.54, 1.807) is 4.90 Å². The summed E-state index contributed by atoms with van der Waals surface area (Å²) in [5.74, 6) is 0.0576. The Kier molecular flexibility index (Phi) is 6.18. The molecule has 1 fully saturated rings. The van der Waals surface area contributed by atoms with Gasteiger partial charge in [0.1, 0.15) is 0 Å². The van der Waals surface area contributed by atoms with Crippen LogP contribution in [0.1, 0.15) is 26.7 Å². The molecule has 1 aromatic rings. The minimum atomic E-state index is -0.458. The molecule has 0 aliphatic carbocycles. The van der Waals surface area contributed by atoms with Crippen LogP contribution in [0.15, 0.2) is 28.7 Å². The lowest BCUT2D eigenvalue weighted by atomic mass is 9.94. The summed E-state index contributed by atoms with van der Waals surface area (Å²) >= 11 is 3.43. The molecule has 1 heterocycles. The zero-order valence-corrected chi connectivity index (χ0v) is 15.2. The second-order valence-corrected chi connectivity index (χ2v) is 7.19. The first-order valence-corrected chi connectivity index (χ1v) is 8.79. The maximum absolute atomic E-state index is 12.4. The number of nitrogens with one attached hydrogen (secondary N) is 1. The fourth-order valence-electron chi connectivity index (χ4n) is 2.66. The predicted octanol–water partition coefficient (Wildman–Crippen LogP) is 2.61. The molecule has 0 aromatic heterocycles. The van der Waals surface area contributed by atoms with E-state index < -0.39 is 6.04 Å². The number of benzene rings is 1. The van der Waals surface area contributed by atoms with Crippen LogP contribution < -0.4 is 11.1 Å². The maximum atomic E-state index is 12.4. The van der Waals surface area contributed by atoms with Gasteiger partial charge in [-0.15, -0.1) is 0 Å². The zero-order valence-electron chi connectivity index (χ0n) is 13.6. The minimum absolute atomic E-state index is 0.00957. The summed E-state index contributed by atoms with van der Waals surface area (Å²) in [6.07, 6.45) is 1.35. The van der Waals surface area contributed by atoms with Gasteiger partial charge in [0.05, 0.1) is 11.7 Å². The van der Waals surface area contributed by atoms with Gasteiger partial charge in [-0.3, -0.25) is 9.59 Å². The number of halogens is 1. The molecule has 126 valence electrons. The summed E-state index contributed by atoms with van der Waals surface area (Å²) in [6, 6.07) is 7.09. The molecule has 1 aromatic carbocycles. The van der Waals surface area contributed by atoms with Gasteiger partial charge in [-0.1, -0.05) is 26.0 Å². The second kappa shape index (κ2) is 7.93. The van der Waals surface area contributed by atoms with Gasteiger partial charge < -0.3 is 16.0 Å². The van der Waals surface area contributed by atoms with Crippen LogP contribution in [-0.2, 0) is 9.59 Å². The molecule has 0 spiro atoms. The molecule has 1 saturated heterocycles. The van der Waals surface area contributed by atoms with Gasteiger partial charge in [0.15, 0.2) is 0 Å². The Morgan fingerprint density at radius 2 is 1.87 bits per heavy atom. The maximum Gasteiger partial charge on any atom is 0.239 e. The van der Waals surface area contributed by atoms with Gasteiger partial charge in [-0.05, 0) is 46.8 Å². The van der Waals surface area contributed by atoms with Crippen molar-refractivity contribution in [1.82, 2.24) is 4.90 Å². The normalized spacial score (nSPS) is 17.2. The van der Waals surface area contributed by atoms with E-state index in [0.29, 0.717) is 25.9 Å². The molecule has 3 N–H and O–H groups in total. The van der Waals surface area contributed by atoms with E-state index in [1.807, 2.05) is 38.1 Å². The first-order valence-electron chi connectivity index (χ1n) is 8.00. The predicted molar refractivity (Wildman–Crippen MR) is 94.9 cm³/mol. The molecule has 5 nitrogen and oxygen atoms in total. The van der Waals surface area contributed by atoms with Gasteiger partial charge in [0.2, 0.25) is 11.8 Å². The molecule has 1 atom stereocenters. The van der Waals surface area contributed by atoms with Crippen LogP contribution in [0, 0.1) is 11.8 Å². The molecule has 0 bridgehead atoms. The average Bonchev–Trinajstić information content (AvgIpc) is 2.55. The summed E-state index contributed by atoms with van der Waals surface area (Å²) in [5.41, 5.74) is 6.70. The van der Waals surface area contributed by atoms with Gasteiger partial charge in [-0.2, -0.15) is 0 Å². The fourth-order valence-corrected chi connectivity index (χ4v) is 3.04. The molecule has 23 heavy (non-hydrogen) atoms. The highest BCUT2D eigenvalue weighted by molar-refractivity contribution is 9.10. The standard InChI is InChI=1S/C17H24BrN3O2/c1-11(2)15(19)17(23)21-9-7-12(8-10-21)16(22)20-14-6-4-3-5-13(14)18/h3-6,11-12,15H,7-10,19H2,1-2H3,(H,20,22)/t15-/m0/s1. The van der Waals surface area contributed by atoms with E-state index in [2.05, 4.69) is 21.2 Å². The molecule has 2 rings (SSSR count). The summed E-state index contributed by atoms with van der Waals surface area (Å²) in [7, 11) is 0. The molecule has 0 unspecified atom stereocenters. The number of likely N-dealkylation sites (tertiary alicyclic amines) is 1. The second-order valence-electron chi connectivity index (χ2n) is 6.34. The highest BCUT2D eigenvalue weighted by Gasteiger charge is 2.30. The van der Waals surface area contributed by atoms with Crippen LogP contribution >= 0.6 is 15.9 Å². The summed E-state index contributed by atoms with van der Waals surface area (Å²) < 4.78 is 0.865. The number of amides is 2. The first kappa shape index (κ1) is 17.9. The molecular weight excluding hydrogens is 358 g/mol. The molecule has 6 heteroatoms. The smallest absolute Gasteiger partial charge is 0.239 e. The summed E-state index contributed by atoms with van der Waals surface area (Å²) in [6.45, 7) is 5.07. The van der Waals surface area contributed by atoms with Crippen molar-refractivity contribution >= 4 is 33.4 Å². The van der Waals surface area contributed by atoms with Crippen molar-refractivity contribution in [3.8, 4) is 0 Å². The lowest BCUT2D eigenvalue weighted by molar-refractivity contribution is -0.136. The van der Waals surface area contributed by atoms with E-state index in [4.69, 9.17) is 5.73 Å². The van der Waals surface area contributed by atoms with Crippen LogP contribution in [0.3, 0.4) is 0 Å². The minimum Gasteiger partial charge on any atom is -0.341 e. The van der Waals surface area contributed by atoms with Crippen molar-refractivity contribution in [2.45, 2.75) is 32.7 Å². The number of rotatable bonds is 4. The van der Waals surface area contributed by atoms with Crippen molar-refractivity contribution in [2.24, 2.45) is 17.6 Å². The van der Waals surface area contributed by atoms with Crippen molar-refractivity contribution in [3.63, 3.8) is 0 Å². The fraction of sp³-hybridized carbons (Fsp3) is 0.529. The Balaban J connectivity index is 1.88. The van der Waals surface area contributed by atoms with Gasteiger partial charge >= 0.3 is 0 Å². The van der Waals surface area contributed by atoms with Gasteiger partial charge in [-0.25, -0.2) is 0 Å². The van der Waals surface area contributed by atoms with Gasteiger partial charge in [0.25, 0.3) is 0 Å². The Morgan fingerprint density at radius 1 is 1.26 bits per heavy atom.